The topological polar surface area (TPSA) is 45.2 Å². The molecule has 0 aromatic carbocycles. The second-order valence-corrected chi connectivity index (χ2v) is 8.50. The number of thiazole rings is 1. The molecule has 24 heavy (non-hydrogen) atoms. The number of nitrogens with zero attached hydrogens (tertiary/aromatic N) is 2. The molecule has 1 saturated heterocycles. The molecule has 136 valence electrons. The summed E-state index contributed by atoms with van der Waals surface area (Å²) in [4.78, 5) is 21.0. The lowest BCUT2D eigenvalue weighted by molar-refractivity contribution is -0.134. The first kappa shape index (κ1) is 20.0. The molecule has 7 heteroatoms. The maximum absolute atomic E-state index is 13.0. The average Bonchev–Trinajstić information content (AvgIpc) is 3.05. The molecular weight excluding hydrogens is 365 g/mol. The zero-order valence-electron chi connectivity index (χ0n) is 14.3. The van der Waals surface area contributed by atoms with Gasteiger partial charge in [0, 0.05) is 13.0 Å². The van der Waals surface area contributed by atoms with Crippen LogP contribution in [0.1, 0.15) is 53.7 Å². The van der Waals surface area contributed by atoms with Crippen molar-refractivity contribution in [1.29, 1.82) is 0 Å². The number of halogens is 2. The fourth-order valence-electron chi connectivity index (χ4n) is 4.46. The molecule has 2 heterocycles. The van der Waals surface area contributed by atoms with E-state index >= 15 is 0 Å². The van der Waals surface area contributed by atoms with Gasteiger partial charge in [0.1, 0.15) is 0 Å². The molecule has 0 radical (unpaired) electrons. The Balaban J connectivity index is 0.00000104. The Morgan fingerprint density at radius 3 is 2.75 bits per heavy atom. The molecule has 1 aromatic rings. The third-order valence-electron chi connectivity index (χ3n) is 5.93. The normalized spacial score (nSPS) is 26.8. The molecule has 2 unspecified atom stereocenters. The SMILES string of the molecule is Cc1nc2c(s1)C(N(C)C(=O)C1CC13CCNCC3)CCC2.Cl.Cl. The summed E-state index contributed by atoms with van der Waals surface area (Å²) in [5, 5.41) is 4.55. The van der Waals surface area contributed by atoms with E-state index in [-0.39, 0.29) is 36.8 Å². The van der Waals surface area contributed by atoms with E-state index in [0.29, 0.717) is 11.3 Å². The van der Waals surface area contributed by atoms with Gasteiger partial charge in [-0.05, 0) is 64.0 Å². The summed E-state index contributed by atoms with van der Waals surface area (Å²) >= 11 is 1.79. The molecule has 1 aromatic heterocycles. The number of carbonyl (C=O) groups is 1. The smallest absolute Gasteiger partial charge is 0.226 e. The van der Waals surface area contributed by atoms with Gasteiger partial charge in [-0.3, -0.25) is 4.79 Å². The van der Waals surface area contributed by atoms with Gasteiger partial charge >= 0.3 is 0 Å². The van der Waals surface area contributed by atoms with Gasteiger partial charge in [0.15, 0.2) is 0 Å². The lowest BCUT2D eigenvalue weighted by Gasteiger charge is -2.32. The van der Waals surface area contributed by atoms with Crippen LogP contribution < -0.4 is 5.32 Å². The minimum atomic E-state index is 0. The van der Waals surface area contributed by atoms with Crippen LogP contribution >= 0.6 is 36.2 Å². The van der Waals surface area contributed by atoms with Crippen molar-refractivity contribution in [3.63, 3.8) is 0 Å². The minimum absolute atomic E-state index is 0. The number of hydrogen-bond donors (Lipinski definition) is 1. The summed E-state index contributed by atoms with van der Waals surface area (Å²) in [6, 6.07) is 0.266. The van der Waals surface area contributed by atoms with Crippen LogP contribution in [0.15, 0.2) is 0 Å². The van der Waals surface area contributed by atoms with Gasteiger partial charge < -0.3 is 10.2 Å². The fraction of sp³-hybridized carbons (Fsp3) is 0.765. The Morgan fingerprint density at radius 1 is 1.33 bits per heavy atom. The van der Waals surface area contributed by atoms with Crippen LogP contribution in [0.4, 0.5) is 0 Å². The predicted octanol–water partition coefficient (Wildman–Crippen LogP) is 3.52. The van der Waals surface area contributed by atoms with E-state index in [4.69, 9.17) is 0 Å². The van der Waals surface area contributed by atoms with E-state index in [2.05, 4.69) is 22.1 Å². The number of rotatable bonds is 2. The molecule has 1 N–H and O–H groups in total. The van der Waals surface area contributed by atoms with Gasteiger partial charge in [0.25, 0.3) is 0 Å². The Hall–Kier alpha value is -0.360. The zero-order chi connectivity index (χ0) is 15.3. The van der Waals surface area contributed by atoms with Crippen molar-refractivity contribution in [2.75, 3.05) is 20.1 Å². The number of piperidine rings is 1. The highest BCUT2D eigenvalue weighted by atomic mass is 35.5. The molecule has 1 spiro atoms. The third-order valence-corrected chi connectivity index (χ3v) is 7.04. The monoisotopic (exact) mass is 391 g/mol. The third kappa shape index (κ3) is 3.33. The first-order valence-corrected chi connectivity index (χ1v) is 9.36. The summed E-state index contributed by atoms with van der Waals surface area (Å²) in [6.07, 6.45) is 6.78. The molecular formula is C17H27Cl2N3OS. The highest BCUT2D eigenvalue weighted by Crippen LogP contribution is 2.59. The molecule has 4 nitrogen and oxygen atoms in total. The molecule has 2 aliphatic carbocycles. The number of hydrogen-bond acceptors (Lipinski definition) is 4. The Bertz CT molecular complexity index is 601. The molecule has 3 aliphatic rings. The van der Waals surface area contributed by atoms with Crippen molar-refractivity contribution in [3.05, 3.63) is 15.6 Å². The van der Waals surface area contributed by atoms with Crippen molar-refractivity contribution in [2.45, 2.75) is 51.5 Å². The molecule has 2 atom stereocenters. The van der Waals surface area contributed by atoms with Gasteiger partial charge in [0.05, 0.1) is 21.6 Å². The van der Waals surface area contributed by atoms with Gasteiger partial charge in [-0.2, -0.15) is 0 Å². The predicted molar refractivity (Wildman–Crippen MR) is 102 cm³/mol. The van der Waals surface area contributed by atoms with Gasteiger partial charge in [-0.1, -0.05) is 0 Å². The summed E-state index contributed by atoms with van der Waals surface area (Å²) in [6.45, 7) is 4.23. The van der Waals surface area contributed by atoms with Crippen molar-refractivity contribution in [2.24, 2.45) is 11.3 Å². The number of aromatic nitrogens is 1. The quantitative estimate of drug-likeness (QED) is 0.838. The van der Waals surface area contributed by atoms with E-state index in [1.165, 1.54) is 23.4 Å². The number of amides is 1. The number of fused-ring (bicyclic) bond motifs is 1. The van der Waals surface area contributed by atoms with Crippen molar-refractivity contribution in [3.8, 4) is 0 Å². The Labute approximate surface area is 160 Å². The molecule has 0 bridgehead atoms. The Morgan fingerprint density at radius 2 is 2.04 bits per heavy atom. The molecule has 1 saturated carbocycles. The number of nitrogens with one attached hydrogen (secondary N) is 1. The van der Waals surface area contributed by atoms with Crippen molar-refractivity contribution >= 4 is 42.1 Å². The zero-order valence-corrected chi connectivity index (χ0v) is 16.8. The van der Waals surface area contributed by atoms with Crippen LogP contribution in [0.2, 0.25) is 0 Å². The van der Waals surface area contributed by atoms with E-state index in [9.17, 15) is 4.79 Å². The maximum Gasteiger partial charge on any atom is 0.226 e. The highest BCUT2D eigenvalue weighted by molar-refractivity contribution is 7.11. The Kier molecular flexibility index (Phi) is 6.22. The van der Waals surface area contributed by atoms with Crippen molar-refractivity contribution in [1.82, 2.24) is 15.2 Å². The average molecular weight is 392 g/mol. The van der Waals surface area contributed by atoms with E-state index in [1.54, 1.807) is 11.3 Å². The lowest BCUT2D eigenvalue weighted by atomic mass is 9.91. The first-order valence-electron chi connectivity index (χ1n) is 8.54. The second kappa shape index (κ2) is 7.48. The van der Waals surface area contributed by atoms with E-state index in [1.807, 2.05) is 7.05 Å². The first-order chi connectivity index (χ1) is 10.6. The van der Waals surface area contributed by atoms with E-state index < -0.39 is 0 Å². The molecule has 4 rings (SSSR count). The van der Waals surface area contributed by atoms with Crippen LogP contribution in [0.3, 0.4) is 0 Å². The summed E-state index contributed by atoms with van der Waals surface area (Å²) in [5.74, 6) is 0.657. The second-order valence-electron chi connectivity index (χ2n) is 7.27. The summed E-state index contributed by atoms with van der Waals surface area (Å²) in [5.41, 5.74) is 1.57. The van der Waals surface area contributed by atoms with Crippen LogP contribution in [-0.2, 0) is 11.2 Å². The standard InChI is InChI=1S/C17H25N3OS.2ClH/c1-11-19-13-4-3-5-14(15(13)22-11)20(2)16(21)12-10-17(12)6-8-18-9-7-17;;/h12,14,18H,3-10H2,1-2H3;2*1H. The highest BCUT2D eigenvalue weighted by Gasteiger charge is 2.58. The van der Waals surface area contributed by atoms with Crippen LogP contribution in [0.5, 0.6) is 0 Å². The summed E-state index contributed by atoms with van der Waals surface area (Å²) < 4.78 is 0. The molecule has 1 amide bonds. The van der Waals surface area contributed by atoms with Crippen molar-refractivity contribution < 1.29 is 4.79 Å². The lowest BCUT2D eigenvalue weighted by Crippen LogP contribution is -2.37. The number of aryl methyl sites for hydroxylation is 2. The minimum Gasteiger partial charge on any atom is -0.338 e. The van der Waals surface area contributed by atoms with Crippen LogP contribution in [0.25, 0.3) is 0 Å². The maximum atomic E-state index is 13.0. The van der Waals surface area contributed by atoms with Gasteiger partial charge in [-0.25, -0.2) is 4.98 Å². The van der Waals surface area contributed by atoms with Crippen LogP contribution in [0, 0.1) is 18.3 Å². The van der Waals surface area contributed by atoms with Gasteiger partial charge in [-0.15, -0.1) is 36.2 Å². The number of carbonyl (C=O) groups excluding carboxylic acids is 1. The fourth-order valence-corrected chi connectivity index (χ4v) is 5.61. The van der Waals surface area contributed by atoms with Gasteiger partial charge in [0.2, 0.25) is 5.91 Å². The summed E-state index contributed by atoms with van der Waals surface area (Å²) in [7, 11) is 2.02. The molecule has 2 fully saturated rings. The van der Waals surface area contributed by atoms with Crippen LogP contribution in [-0.4, -0.2) is 35.9 Å². The molecule has 1 aliphatic heterocycles. The largest absolute Gasteiger partial charge is 0.338 e. The van der Waals surface area contributed by atoms with E-state index in [0.717, 1.165) is 43.8 Å².